The lowest BCUT2D eigenvalue weighted by molar-refractivity contribution is 0.236. The molecule has 5 heteroatoms. The van der Waals surface area contributed by atoms with Crippen molar-refractivity contribution in [2.24, 2.45) is 5.90 Å². The highest BCUT2D eigenvalue weighted by atomic mass is 16.6. The number of nitrogens with zero attached hydrogens (tertiary/aromatic N) is 2. The van der Waals surface area contributed by atoms with E-state index in [1.165, 1.54) is 43.6 Å². The first-order chi connectivity index (χ1) is 10.8. The lowest BCUT2D eigenvalue weighted by Crippen LogP contribution is -2.34. The molecule has 1 fully saturated rings. The predicted molar refractivity (Wildman–Crippen MR) is 93.9 cm³/mol. The summed E-state index contributed by atoms with van der Waals surface area (Å²) in [6.07, 6.45) is 18.6. The molecule has 0 aromatic carbocycles. The Morgan fingerprint density at radius 1 is 1.35 bits per heavy atom. The lowest BCUT2D eigenvalue weighted by atomic mass is 9.89. The van der Waals surface area contributed by atoms with E-state index >= 15 is 0 Å². The highest BCUT2D eigenvalue weighted by molar-refractivity contribution is 5.38. The second-order valence-corrected chi connectivity index (χ2v) is 5.26. The number of nitrogens with two attached hydrogens (primary N) is 1. The predicted octanol–water partition coefficient (Wildman–Crippen LogP) is 3.57. The molecule has 0 amide bonds. The summed E-state index contributed by atoms with van der Waals surface area (Å²) in [6, 6.07) is 1.93. The van der Waals surface area contributed by atoms with Gasteiger partial charge in [-0.05, 0) is 55.7 Å². The van der Waals surface area contributed by atoms with Crippen LogP contribution in [0.25, 0.3) is 0 Å². The molecular formula is C18H28N4O. The number of hydrogen-bond donors (Lipinski definition) is 2. The highest BCUT2D eigenvalue weighted by Gasteiger charge is 2.24. The van der Waals surface area contributed by atoms with Crippen molar-refractivity contribution in [3.8, 4) is 18.9 Å². The monoisotopic (exact) mass is 316 g/mol. The van der Waals surface area contributed by atoms with Gasteiger partial charge in [-0.3, -0.25) is 0 Å². The summed E-state index contributed by atoms with van der Waals surface area (Å²) >= 11 is 0. The second-order valence-electron chi connectivity index (χ2n) is 5.26. The van der Waals surface area contributed by atoms with Crippen molar-refractivity contribution in [3.63, 3.8) is 0 Å². The first-order valence-corrected chi connectivity index (χ1v) is 7.76. The second kappa shape index (κ2) is 11.4. The number of fused-ring (bicyclic) bond motifs is 1. The molecule has 0 aromatic heterocycles. The van der Waals surface area contributed by atoms with E-state index in [4.69, 9.17) is 11.2 Å². The molecule has 0 radical (unpaired) electrons. The molecule has 5 nitrogen and oxygen atoms in total. The number of rotatable bonds is 4. The minimum Gasteiger partial charge on any atom is -0.401 e. The van der Waals surface area contributed by atoms with Gasteiger partial charge in [0, 0.05) is 18.8 Å². The Kier molecular flexibility index (Phi) is 10.3. The molecule has 2 rings (SSSR count). The van der Waals surface area contributed by atoms with Crippen molar-refractivity contribution in [2.45, 2.75) is 45.4 Å². The van der Waals surface area contributed by atoms with Crippen molar-refractivity contribution in [1.82, 2.24) is 11.1 Å². The molecule has 0 atom stereocenters. The van der Waals surface area contributed by atoms with E-state index < -0.39 is 0 Å². The fourth-order valence-electron chi connectivity index (χ4n) is 3.14. The van der Waals surface area contributed by atoms with Crippen LogP contribution < -0.4 is 12.0 Å². The van der Waals surface area contributed by atoms with Crippen LogP contribution in [0.5, 0.6) is 0 Å². The van der Waals surface area contributed by atoms with Crippen LogP contribution >= 0.6 is 0 Å². The Bertz CT molecular complexity index is 523. The number of hydrogen-bond acceptors (Lipinski definition) is 5. The molecule has 0 spiro atoms. The van der Waals surface area contributed by atoms with Crippen LogP contribution in [0, 0.1) is 24.2 Å². The minimum absolute atomic E-state index is 0. The van der Waals surface area contributed by atoms with Crippen LogP contribution in [-0.2, 0) is 4.84 Å². The molecule has 0 aliphatic carbocycles. The Labute approximate surface area is 140 Å². The first-order valence-electron chi connectivity index (χ1n) is 7.76. The summed E-state index contributed by atoms with van der Waals surface area (Å²) in [5.41, 5.74) is 4.49. The van der Waals surface area contributed by atoms with Gasteiger partial charge in [0.15, 0.2) is 0 Å². The number of terminal acetylenes is 1. The van der Waals surface area contributed by atoms with E-state index in [1.54, 1.807) is 11.6 Å². The summed E-state index contributed by atoms with van der Waals surface area (Å²) in [6.45, 7) is 4.61. The maximum Gasteiger partial charge on any atom is 0.219 e. The number of nitriles is 1. The zero-order valence-corrected chi connectivity index (χ0v) is 14.1. The minimum atomic E-state index is 0. The Morgan fingerprint density at radius 2 is 2.00 bits per heavy atom. The lowest BCUT2D eigenvalue weighted by Gasteiger charge is -2.39. The normalized spacial score (nSPS) is 19.0. The van der Waals surface area contributed by atoms with Crippen LogP contribution in [-0.4, -0.2) is 18.0 Å². The van der Waals surface area contributed by atoms with Crippen LogP contribution in [0.15, 0.2) is 34.8 Å². The molecular weight excluding hydrogens is 288 g/mol. The van der Waals surface area contributed by atoms with E-state index in [9.17, 15) is 0 Å². The van der Waals surface area contributed by atoms with Crippen molar-refractivity contribution in [1.29, 1.82) is 5.26 Å². The largest absolute Gasteiger partial charge is 0.401 e. The van der Waals surface area contributed by atoms with Crippen molar-refractivity contribution in [3.05, 3.63) is 34.8 Å². The molecule has 0 saturated carbocycles. The fraction of sp³-hybridized carbons (Fsp3) is 0.500. The first kappa shape index (κ1) is 20.8. The summed E-state index contributed by atoms with van der Waals surface area (Å²) in [5.74, 6) is 5.21. The van der Waals surface area contributed by atoms with Gasteiger partial charge in [0.2, 0.25) is 5.76 Å². The van der Waals surface area contributed by atoms with Gasteiger partial charge in [-0.2, -0.15) is 11.2 Å². The number of allylic oxidation sites excluding steroid dienone is 5. The molecule has 126 valence electrons. The Balaban J connectivity index is 0.00000155. The summed E-state index contributed by atoms with van der Waals surface area (Å²) in [4.78, 5) is 7.02. The van der Waals surface area contributed by atoms with Gasteiger partial charge in [-0.15, -0.1) is 12.8 Å². The molecule has 2 aliphatic heterocycles. The van der Waals surface area contributed by atoms with Crippen molar-refractivity contribution < 1.29 is 4.84 Å². The van der Waals surface area contributed by atoms with Crippen LogP contribution in [0.2, 0.25) is 0 Å². The summed E-state index contributed by atoms with van der Waals surface area (Å²) in [7, 11) is 0. The highest BCUT2D eigenvalue weighted by Crippen LogP contribution is 2.35. The van der Waals surface area contributed by atoms with Crippen molar-refractivity contribution in [2.75, 3.05) is 13.1 Å². The topological polar surface area (TPSA) is 97.3 Å². The van der Waals surface area contributed by atoms with Crippen LogP contribution in [0.1, 0.15) is 45.4 Å². The third-order valence-corrected chi connectivity index (χ3v) is 4.07. The summed E-state index contributed by atoms with van der Waals surface area (Å²) < 4.78 is 0. The number of piperidine rings is 1. The van der Waals surface area contributed by atoms with E-state index in [0.717, 1.165) is 12.8 Å². The molecule has 2 heterocycles. The SMILES string of the molecule is C#C.CCC1=C2/C(=C\C/C=C(\C#N)ON)CCCN2CCC1.N. The average Bonchev–Trinajstić information content (AvgIpc) is 2.60. The van der Waals surface area contributed by atoms with Gasteiger partial charge in [0.25, 0.3) is 0 Å². The smallest absolute Gasteiger partial charge is 0.219 e. The maximum atomic E-state index is 8.77. The zero-order chi connectivity index (χ0) is 16.4. The van der Waals surface area contributed by atoms with Gasteiger partial charge >= 0.3 is 0 Å². The molecule has 5 N–H and O–H groups in total. The third-order valence-electron chi connectivity index (χ3n) is 4.07. The maximum absolute atomic E-state index is 8.77. The quantitative estimate of drug-likeness (QED) is 0.357. The molecule has 2 aliphatic rings. The molecule has 1 saturated heterocycles. The van der Waals surface area contributed by atoms with E-state index in [2.05, 4.69) is 35.6 Å². The van der Waals surface area contributed by atoms with Gasteiger partial charge in [0.05, 0.1) is 0 Å². The molecule has 0 unspecified atom stereocenters. The Morgan fingerprint density at radius 3 is 2.57 bits per heavy atom. The molecule has 0 bridgehead atoms. The zero-order valence-electron chi connectivity index (χ0n) is 14.1. The van der Waals surface area contributed by atoms with Gasteiger partial charge in [-0.1, -0.05) is 13.0 Å². The van der Waals surface area contributed by atoms with Crippen LogP contribution in [0.4, 0.5) is 0 Å². The van der Waals surface area contributed by atoms with Gasteiger partial charge in [0.1, 0.15) is 6.07 Å². The van der Waals surface area contributed by atoms with E-state index in [0.29, 0.717) is 6.42 Å². The van der Waals surface area contributed by atoms with Gasteiger partial charge < -0.3 is 15.9 Å². The Hall–Kier alpha value is -2.21. The van der Waals surface area contributed by atoms with Gasteiger partial charge in [-0.25, -0.2) is 0 Å². The van der Waals surface area contributed by atoms with E-state index in [1.807, 2.05) is 6.07 Å². The average molecular weight is 316 g/mol. The fourth-order valence-corrected chi connectivity index (χ4v) is 3.14. The third kappa shape index (κ3) is 5.49. The summed E-state index contributed by atoms with van der Waals surface area (Å²) in [5, 5.41) is 8.77. The molecule has 0 aromatic rings. The standard InChI is InChI=1S/C16H23N3O.C2H2.H3N/c1-2-13-7-4-10-19-11-5-8-14(16(13)19)6-3-9-15(12-17)20-18;1-2;/h6,9H,2-5,7-8,10-11,18H2,1H3;1-2H;1H3/b14-6-,15-9+;;. The molecule has 23 heavy (non-hydrogen) atoms. The van der Waals surface area contributed by atoms with Crippen LogP contribution in [0.3, 0.4) is 0 Å². The van der Waals surface area contributed by atoms with E-state index in [-0.39, 0.29) is 11.9 Å². The van der Waals surface area contributed by atoms with Crippen molar-refractivity contribution >= 4 is 0 Å².